The first-order valence-electron chi connectivity index (χ1n) is 10.2. The number of thiophene rings is 1. The number of nitrogens with zero attached hydrogens (tertiary/aromatic N) is 4. The summed E-state index contributed by atoms with van der Waals surface area (Å²) in [5, 5.41) is 14.0. The highest BCUT2D eigenvalue weighted by molar-refractivity contribution is 7.99. The number of rotatable bonds is 8. The predicted octanol–water partition coefficient (Wildman–Crippen LogP) is 4.75. The number of anilines is 1. The van der Waals surface area contributed by atoms with Crippen molar-refractivity contribution >= 4 is 40.0 Å². The van der Waals surface area contributed by atoms with Crippen LogP contribution in [0.25, 0.3) is 22.5 Å². The zero-order valence-corrected chi connectivity index (χ0v) is 20.0. The van der Waals surface area contributed by atoms with Crippen molar-refractivity contribution in [3.8, 4) is 22.5 Å². The second-order valence-electron chi connectivity index (χ2n) is 6.98. The maximum absolute atomic E-state index is 13.3. The average Bonchev–Trinajstić information content (AvgIpc) is 3.47. The maximum atomic E-state index is 13.3. The molecular formula is C23H20FN5O3S2. The summed E-state index contributed by atoms with van der Waals surface area (Å²) >= 11 is 2.44. The van der Waals surface area contributed by atoms with Crippen LogP contribution in [-0.2, 0) is 16.1 Å². The smallest absolute Gasteiger partial charge is 0.341 e. The molecule has 0 aliphatic heterocycles. The number of esters is 1. The number of halogens is 1. The molecule has 1 amide bonds. The van der Waals surface area contributed by atoms with Gasteiger partial charge in [0.15, 0.2) is 11.0 Å². The molecule has 3 heterocycles. The lowest BCUT2D eigenvalue weighted by Crippen LogP contribution is -2.16. The number of amides is 1. The zero-order chi connectivity index (χ0) is 24.1. The van der Waals surface area contributed by atoms with Gasteiger partial charge in [0.25, 0.3) is 0 Å². The third-order valence-corrected chi connectivity index (χ3v) is 6.74. The monoisotopic (exact) mass is 497 g/mol. The van der Waals surface area contributed by atoms with E-state index in [0.717, 1.165) is 5.56 Å². The molecule has 4 rings (SSSR count). The highest BCUT2D eigenvalue weighted by atomic mass is 32.2. The minimum absolute atomic E-state index is 0.0650. The normalized spacial score (nSPS) is 10.8. The van der Waals surface area contributed by atoms with E-state index in [2.05, 4.69) is 20.5 Å². The molecule has 0 saturated heterocycles. The number of thioether (sulfide) groups is 1. The van der Waals surface area contributed by atoms with Gasteiger partial charge in [0.2, 0.25) is 5.91 Å². The van der Waals surface area contributed by atoms with Crippen molar-refractivity contribution in [1.29, 1.82) is 0 Å². The summed E-state index contributed by atoms with van der Waals surface area (Å²) < 4.78 is 20.1. The highest BCUT2D eigenvalue weighted by Gasteiger charge is 2.23. The number of hydrogen-bond donors (Lipinski definition) is 1. The van der Waals surface area contributed by atoms with Crippen LogP contribution in [0.3, 0.4) is 0 Å². The summed E-state index contributed by atoms with van der Waals surface area (Å²) in [6.07, 6.45) is 3.39. The molecule has 0 atom stereocenters. The molecule has 0 saturated carbocycles. The first-order valence-corrected chi connectivity index (χ1v) is 12.1. The van der Waals surface area contributed by atoms with E-state index in [1.165, 1.54) is 42.3 Å². The Balaban J connectivity index is 1.50. The zero-order valence-electron chi connectivity index (χ0n) is 18.3. The van der Waals surface area contributed by atoms with Crippen molar-refractivity contribution in [3.63, 3.8) is 0 Å². The molecule has 0 aliphatic carbocycles. The van der Waals surface area contributed by atoms with E-state index in [1.54, 1.807) is 29.9 Å². The molecular weight excluding hydrogens is 477 g/mol. The van der Waals surface area contributed by atoms with Crippen molar-refractivity contribution in [2.75, 3.05) is 18.2 Å². The molecule has 0 bridgehead atoms. The van der Waals surface area contributed by atoms with Crippen molar-refractivity contribution < 1.29 is 18.7 Å². The molecule has 0 radical (unpaired) electrons. The maximum Gasteiger partial charge on any atom is 0.341 e. The number of benzene rings is 1. The van der Waals surface area contributed by atoms with E-state index in [9.17, 15) is 14.0 Å². The van der Waals surface area contributed by atoms with Crippen LogP contribution in [0, 0.1) is 5.82 Å². The van der Waals surface area contributed by atoms with Gasteiger partial charge in [-0.25, -0.2) is 9.18 Å². The van der Waals surface area contributed by atoms with Crippen molar-refractivity contribution in [3.05, 3.63) is 65.6 Å². The largest absolute Gasteiger partial charge is 0.465 e. The predicted molar refractivity (Wildman–Crippen MR) is 129 cm³/mol. The van der Waals surface area contributed by atoms with E-state index < -0.39 is 5.97 Å². The number of nitrogens with one attached hydrogen (secondary N) is 1. The van der Waals surface area contributed by atoms with E-state index in [1.807, 2.05) is 23.6 Å². The van der Waals surface area contributed by atoms with Gasteiger partial charge in [0.1, 0.15) is 16.4 Å². The van der Waals surface area contributed by atoms with Crippen LogP contribution in [-0.4, -0.2) is 44.5 Å². The number of pyridine rings is 1. The fourth-order valence-electron chi connectivity index (χ4n) is 3.28. The molecule has 1 aromatic carbocycles. The van der Waals surface area contributed by atoms with Gasteiger partial charge >= 0.3 is 5.97 Å². The SMILES string of the molecule is CCn1c(SCC(=O)Nc2scc(-c3ccc(F)cc3)c2C(=O)OC)nnc1-c1cccnc1. The van der Waals surface area contributed by atoms with Crippen LogP contribution in [0.2, 0.25) is 0 Å². The van der Waals surface area contributed by atoms with Crippen molar-refractivity contribution in [2.45, 2.75) is 18.6 Å². The van der Waals surface area contributed by atoms with Gasteiger partial charge in [-0.15, -0.1) is 21.5 Å². The van der Waals surface area contributed by atoms with Crippen LogP contribution in [0.1, 0.15) is 17.3 Å². The Bertz CT molecular complexity index is 1310. The molecule has 174 valence electrons. The van der Waals surface area contributed by atoms with Gasteiger partial charge in [-0.05, 0) is 36.8 Å². The Morgan fingerprint density at radius 2 is 1.97 bits per heavy atom. The van der Waals surface area contributed by atoms with Crippen LogP contribution < -0.4 is 5.32 Å². The third kappa shape index (κ3) is 5.00. The summed E-state index contributed by atoms with van der Waals surface area (Å²) in [6, 6.07) is 9.49. The van der Waals surface area contributed by atoms with Gasteiger partial charge in [0, 0.05) is 35.4 Å². The second kappa shape index (κ2) is 10.6. The lowest BCUT2D eigenvalue weighted by molar-refractivity contribution is -0.113. The molecule has 11 heteroatoms. The minimum atomic E-state index is -0.588. The standard InChI is InChI=1S/C23H20FN5O3S2/c1-3-29-20(15-5-4-10-25-11-15)27-28-23(29)34-13-18(30)26-21-19(22(31)32-2)17(12-33-21)14-6-8-16(24)9-7-14/h4-12H,3,13H2,1-2H3,(H,26,30). The Hall–Kier alpha value is -3.57. The van der Waals surface area contributed by atoms with Crippen molar-refractivity contribution in [2.24, 2.45) is 0 Å². The molecule has 0 fully saturated rings. The number of hydrogen-bond acceptors (Lipinski definition) is 8. The van der Waals surface area contributed by atoms with Gasteiger partial charge in [-0.2, -0.15) is 0 Å². The fraction of sp³-hybridized carbons (Fsp3) is 0.174. The van der Waals surface area contributed by atoms with E-state index >= 15 is 0 Å². The summed E-state index contributed by atoms with van der Waals surface area (Å²) in [5.41, 5.74) is 2.27. The van der Waals surface area contributed by atoms with Gasteiger partial charge in [-0.3, -0.25) is 9.78 Å². The highest BCUT2D eigenvalue weighted by Crippen LogP contribution is 2.36. The first-order chi connectivity index (χ1) is 16.5. The minimum Gasteiger partial charge on any atom is -0.465 e. The number of methoxy groups -OCH3 is 1. The molecule has 1 N–H and O–H groups in total. The Kier molecular flexibility index (Phi) is 7.33. The molecule has 34 heavy (non-hydrogen) atoms. The molecule has 0 unspecified atom stereocenters. The van der Waals surface area contributed by atoms with Crippen LogP contribution >= 0.6 is 23.1 Å². The third-order valence-electron chi connectivity index (χ3n) is 4.87. The fourth-order valence-corrected chi connectivity index (χ4v) is 5.05. The van der Waals surface area contributed by atoms with Crippen LogP contribution in [0.15, 0.2) is 59.3 Å². The summed E-state index contributed by atoms with van der Waals surface area (Å²) in [5.74, 6) is -0.536. The Labute approximate surface area is 203 Å². The number of carbonyl (C=O) groups is 2. The Morgan fingerprint density at radius 1 is 1.18 bits per heavy atom. The topological polar surface area (TPSA) is 99.0 Å². The van der Waals surface area contributed by atoms with E-state index in [-0.39, 0.29) is 23.0 Å². The molecule has 3 aromatic heterocycles. The molecule has 4 aromatic rings. The van der Waals surface area contributed by atoms with Crippen LogP contribution in [0.4, 0.5) is 9.39 Å². The number of aromatic nitrogens is 4. The van der Waals surface area contributed by atoms with Crippen molar-refractivity contribution in [1.82, 2.24) is 19.7 Å². The lowest BCUT2D eigenvalue weighted by Gasteiger charge is -2.09. The number of carbonyl (C=O) groups excluding carboxylic acids is 2. The van der Waals surface area contributed by atoms with Gasteiger partial charge in [0.05, 0.1) is 12.9 Å². The van der Waals surface area contributed by atoms with Crippen LogP contribution in [0.5, 0.6) is 0 Å². The first kappa shape index (κ1) is 23.6. The second-order valence-corrected chi connectivity index (χ2v) is 8.80. The van der Waals surface area contributed by atoms with Gasteiger partial charge in [-0.1, -0.05) is 23.9 Å². The quantitative estimate of drug-likeness (QED) is 0.277. The lowest BCUT2D eigenvalue weighted by atomic mass is 10.0. The summed E-state index contributed by atoms with van der Waals surface area (Å²) in [4.78, 5) is 29.3. The van der Waals surface area contributed by atoms with E-state index in [0.29, 0.717) is 33.7 Å². The number of ether oxygens (including phenoxy) is 1. The van der Waals surface area contributed by atoms with Gasteiger partial charge < -0.3 is 14.6 Å². The average molecular weight is 498 g/mol. The molecule has 0 spiro atoms. The Morgan fingerprint density at radius 3 is 2.65 bits per heavy atom. The summed E-state index contributed by atoms with van der Waals surface area (Å²) in [6.45, 7) is 2.60. The molecule has 0 aliphatic rings. The molecule has 8 nitrogen and oxygen atoms in total. The van der Waals surface area contributed by atoms with E-state index in [4.69, 9.17) is 4.74 Å². The summed E-state index contributed by atoms with van der Waals surface area (Å²) in [7, 11) is 1.27.